The van der Waals surface area contributed by atoms with Crippen molar-refractivity contribution in [3.8, 4) is 0 Å². The minimum atomic E-state index is 0.505. The molecule has 1 aliphatic rings. The molecule has 1 heterocycles. The highest BCUT2D eigenvalue weighted by Crippen LogP contribution is 1.99. The summed E-state index contributed by atoms with van der Waals surface area (Å²) in [6, 6.07) is 0. The summed E-state index contributed by atoms with van der Waals surface area (Å²) >= 11 is 4.30. The number of rotatable bonds is 2. The van der Waals surface area contributed by atoms with Crippen molar-refractivity contribution in [2.45, 2.75) is 12.2 Å². The van der Waals surface area contributed by atoms with Crippen LogP contribution in [0.2, 0.25) is 0 Å². The first kappa shape index (κ1) is 7.38. The van der Waals surface area contributed by atoms with Crippen molar-refractivity contribution in [2.24, 2.45) is 0 Å². The molecule has 0 aromatic heterocycles. The lowest BCUT2D eigenvalue weighted by Crippen LogP contribution is -2.27. The molecular weight excluding hydrogens is 132 g/mol. The molecule has 1 saturated heterocycles. The fourth-order valence-corrected chi connectivity index (χ4v) is 1.31. The van der Waals surface area contributed by atoms with Gasteiger partial charge in [0.15, 0.2) is 0 Å². The second-order valence-corrected chi connectivity index (χ2v) is 3.47. The Kier molecular flexibility index (Phi) is 2.82. The highest BCUT2D eigenvalue weighted by atomic mass is 32.1. The molecule has 0 bridgehead atoms. The van der Waals surface area contributed by atoms with Gasteiger partial charge in [-0.1, -0.05) is 6.92 Å². The molecule has 0 saturated carbocycles. The van der Waals surface area contributed by atoms with E-state index in [1.807, 2.05) is 0 Å². The monoisotopic (exact) mass is 146 g/mol. The van der Waals surface area contributed by atoms with Gasteiger partial charge in [0.2, 0.25) is 0 Å². The van der Waals surface area contributed by atoms with E-state index in [1.54, 1.807) is 0 Å². The summed E-state index contributed by atoms with van der Waals surface area (Å²) in [5.41, 5.74) is 0. The topological polar surface area (TPSA) is 15.3 Å². The van der Waals surface area contributed by atoms with Gasteiger partial charge >= 0.3 is 0 Å². The fourth-order valence-electron chi connectivity index (χ4n) is 1.08. The van der Waals surface area contributed by atoms with Crippen molar-refractivity contribution in [3.05, 3.63) is 0 Å². The van der Waals surface area contributed by atoms with Gasteiger partial charge in [0.1, 0.15) is 0 Å². The molecule has 0 aromatic rings. The molecule has 3 heteroatoms. The Labute approximate surface area is 62.0 Å². The summed E-state index contributed by atoms with van der Waals surface area (Å²) in [7, 11) is 0. The quantitative estimate of drug-likeness (QED) is 0.540. The molecule has 9 heavy (non-hydrogen) atoms. The van der Waals surface area contributed by atoms with Gasteiger partial charge in [-0.3, -0.25) is 4.90 Å². The third-order valence-corrected chi connectivity index (χ3v) is 1.63. The van der Waals surface area contributed by atoms with E-state index in [1.165, 1.54) is 6.54 Å². The van der Waals surface area contributed by atoms with Gasteiger partial charge in [0, 0.05) is 31.6 Å². The van der Waals surface area contributed by atoms with Crippen LogP contribution in [0.1, 0.15) is 6.92 Å². The SMILES string of the molecule is CC(S)CN1CCNC1. The number of hydrogen-bond donors (Lipinski definition) is 2. The smallest absolute Gasteiger partial charge is 0.0481 e. The Hall–Kier alpha value is 0.270. The van der Waals surface area contributed by atoms with E-state index in [0.717, 1.165) is 19.8 Å². The molecule has 1 unspecified atom stereocenters. The van der Waals surface area contributed by atoms with E-state index in [2.05, 4.69) is 29.8 Å². The lowest BCUT2D eigenvalue weighted by Gasteiger charge is -2.14. The lowest BCUT2D eigenvalue weighted by atomic mass is 10.4. The molecule has 1 aliphatic heterocycles. The zero-order valence-electron chi connectivity index (χ0n) is 5.80. The van der Waals surface area contributed by atoms with Gasteiger partial charge in [-0.2, -0.15) is 12.6 Å². The van der Waals surface area contributed by atoms with E-state index >= 15 is 0 Å². The Morgan fingerprint density at radius 1 is 1.78 bits per heavy atom. The van der Waals surface area contributed by atoms with Crippen molar-refractivity contribution >= 4 is 12.6 Å². The molecule has 54 valence electrons. The first-order chi connectivity index (χ1) is 4.29. The van der Waals surface area contributed by atoms with Crippen LogP contribution in [0.15, 0.2) is 0 Å². The summed E-state index contributed by atoms with van der Waals surface area (Å²) in [6.45, 7) is 6.60. The Morgan fingerprint density at radius 2 is 2.56 bits per heavy atom. The van der Waals surface area contributed by atoms with Crippen LogP contribution in [0.3, 0.4) is 0 Å². The molecule has 1 atom stereocenters. The molecule has 0 aliphatic carbocycles. The van der Waals surface area contributed by atoms with Crippen LogP contribution in [0.5, 0.6) is 0 Å². The van der Waals surface area contributed by atoms with Crippen molar-refractivity contribution in [2.75, 3.05) is 26.3 Å². The number of nitrogens with zero attached hydrogens (tertiary/aromatic N) is 1. The summed E-state index contributed by atoms with van der Waals surface area (Å²) in [5.74, 6) is 0. The zero-order chi connectivity index (χ0) is 6.69. The maximum absolute atomic E-state index is 4.30. The minimum absolute atomic E-state index is 0.505. The zero-order valence-corrected chi connectivity index (χ0v) is 6.69. The Bertz CT molecular complexity index is 79.1. The second kappa shape index (κ2) is 3.44. The van der Waals surface area contributed by atoms with Gasteiger partial charge < -0.3 is 5.32 Å². The average Bonchev–Trinajstić information content (AvgIpc) is 2.15. The molecular formula is C6H14N2S. The van der Waals surface area contributed by atoms with Crippen LogP contribution < -0.4 is 5.32 Å². The molecule has 0 radical (unpaired) electrons. The summed E-state index contributed by atoms with van der Waals surface area (Å²) < 4.78 is 0. The predicted octanol–water partition coefficient (Wildman–Crippen LogP) is 0.167. The lowest BCUT2D eigenvalue weighted by molar-refractivity contribution is 0.340. The highest BCUT2D eigenvalue weighted by molar-refractivity contribution is 7.80. The summed E-state index contributed by atoms with van der Waals surface area (Å²) in [6.07, 6.45) is 0. The minimum Gasteiger partial charge on any atom is -0.303 e. The predicted molar refractivity (Wildman–Crippen MR) is 42.9 cm³/mol. The molecule has 1 rings (SSSR count). The van der Waals surface area contributed by atoms with Crippen LogP contribution in [0.25, 0.3) is 0 Å². The van der Waals surface area contributed by atoms with Gasteiger partial charge in [0.25, 0.3) is 0 Å². The molecule has 1 fully saturated rings. The number of thiol groups is 1. The third-order valence-electron chi connectivity index (χ3n) is 1.46. The van der Waals surface area contributed by atoms with Gasteiger partial charge in [-0.05, 0) is 0 Å². The first-order valence-corrected chi connectivity index (χ1v) is 3.92. The van der Waals surface area contributed by atoms with E-state index < -0.39 is 0 Å². The Morgan fingerprint density at radius 3 is 3.00 bits per heavy atom. The van der Waals surface area contributed by atoms with Crippen LogP contribution in [-0.4, -0.2) is 36.5 Å². The van der Waals surface area contributed by atoms with Crippen LogP contribution in [-0.2, 0) is 0 Å². The highest BCUT2D eigenvalue weighted by Gasteiger charge is 2.10. The summed E-state index contributed by atoms with van der Waals surface area (Å²) in [4.78, 5) is 2.37. The maximum Gasteiger partial charge on any atom is 0.0481 e. The molecule has 1 N–H and O–H groups in total. The van der Waals surface area contributed by atoms with Gasteiger partial charge in [-0.25, -0.2) is 0 Å². The fraction of sp³-hybridized carbons (Fsp3) is 1.00. The first-order valence-electron chi connectivity index (χ1n) is 3.40. The van der Waals surface area contributed by atoms with E-state index in [4.69, 9.17) is 0 Å². The Balaban J connectivity index is 2.11. The van der Waals surface area contributed by atoms with Crippen LogP contribution in [0, 0.1) is 0 Å². The molecule has 0 spiro atoms. The average molecular weight is 146 g/mol. The van der Waals surface area contributed by atoms with Crippen molar-refractivity contribution in [3.63, 3.8) is 0 Å². The van der Waals surface area contributed by atoms with Crippen molar-refractivity contribution < 1.29 is 0 Å². The second-order valence-electron chi connectivity index (χ2n) is 2.58. The van der Waals surface area contributed by atoms with Gasteiger partial charge in [0.05, 0.1) is 0 Å². The van der Waals surface area contributed by atoms with E-state index in [9.17, 15) is 0 Å². The van der Waals surface area contributed by atoms with Crippen LogP contribution in [0.4, 0.5) is 0 Å². The molecule has 0 amide bonds. The van der Waals surface area contributed by atoms with E-state index in [-0.39, 0.29) is 0 Å². The van der Waals surface area contributed by atoms with Crippen LogP contribution >= 0.6 is 12.6 Å². The normalized spacial score (nSPS) is 24.7. The van der Waals surface area contributed by atoms with E-state index in [0.29, 0.717) is 5.25 Å². The number of nitrogens with one attached hydrogen (secondary N) is 1. The van der Waals surface area contributed by atoms with Gasteiger partial charge in [-0.15, -0.1) is 0 Å². The third kappa shape index (κ3) is 2.56. The largest absolute Gasteiger partial charge is 0.303 e. The maximum atomic E-state index is 4.30. The molecule has 2 nitrogen and oxygen atoms in total. The standard InChI is InChI=1S/C6H14N2S/c1-6(9)4-8-3-2-7-5-8/h6-7,9H,2-5H2,1H3. The summed E-state index contributed by atoms with van der Waals surface area (Å²) in [5, 5.41) is 3.77. The van der Waals surface area contributed by atoms with Crippen molar-refractivity contribution in [1.82, 2.24) is 10.2 Å². The molecule has 0 aromatic carbocycles. The number of hydrogen-bond acceptors (Lipinski definition) is 3. The van der Waals surface area contributed by atoms with Crippen molar-refractivity contribution in [1.29, 1.82) is 0 Å².